The monoisotopic (exact) mass is 542 g/mol. The first-order valence-corrected chi connectivity index (χ1v) is 12.1. The lowest BCUT2D eigenvalue weighted by Gasteiger charge is -2.15. The lowest BCUT2D eigenvalue weighted by atomic mass is 10.1. The molecule has 0 fully saturated rings. The highest BCUT2D eigenvalue weighted by Crippen LogP contribution is 2.36. The third kappa shape index (κ3) is 5.85. The Morgan fingerprint density at radius 3 is 2.50 bits per heavy atom. The van der Waals surface area contributed by atoms with E-state index in [1.807, 2.05) is 37.3 Å². The number of carbonyl (C=O) groups excluding carboxylic acids is 1. The molecule has 6 nitrogen and oxygen atoms in total. The highest BCUT2D eigenvalue weighted by molar-refractivity contribution is 9.10. The third-order valence-corrected chi connectivity index (χ3v) is 6.10. The molecule has 4 aromatic carbocycles. The van der Waals surface area contributed by atoms with Gasteiger partial charge in [-0.25, -0.2) is 0 Å². The molecule has 0 aliphatic rings. The van der Waals surface area contributed by atoms with E-state index in [2.05, 4.69) is 39.4 Å². The average Bonchev–Trinajstić information content (AvgIpc) is 2.89. The number of phenols is 1. The molecule has 0 saturated heterocycles. The summed E-state index contributed by atoms with van der Waals surface area (Å²) in [5.41, 5.74) is 2.02. The number of phenolic OH excluding ortho intramolecular Hbond substituents is 1. The number of carbonyl (C=O) groups is 1. The molecular weight excluding hydrogens is 520 g/mol. The van der Waals surface area contributed by atoms with Crippen LogP contribution in [-0.4, -0.2) is 17.6 Å². The van der Waals surface area contributed by atoms with Gasteiger partial charge in [0.2, 0.25) is 0 Å². The van der Waals surface area contributed by atoms with Gasteiger partial charge in [-0.2, -0.15) is 5.26 Å². The first-order valence-electron chi connectivity index (χ1n) is 11.3. The van der Waals surface area contributed by atoms with Crippen LogP contribution in [-0.2, 0) is 11.4 Å². The minimum atomic E-state index is -0.565. The van der Waals surface area contributed by atoms with Crippen molar-refractivity contribution in [3.63, 3.8) is 0 Å². The molecule has 0 atom stereocenters. The molecule has 0 aromatic heterocycles. The Labute approximate surface area is 217 Å². The number of ether oxygens (including phenoxy) is 2. The summed E-state index contributed by atoms with van der Waals surface area (Å²) < 4.78 is 12.6. The van der Waals surface area contributed by atoms with Gasteiger partial charge in [0.05, 0.1) is 6.61 Å². The maximum absolute atomic E-state index is 12.7. The van der Waals surface area contributed by atoms with Crippen molar-refractivity contribution >= 4 is 44.4 Å². The smallest absolute Gasteiger partial charge is 0.266 e. The van der Waals surface area contributed by atoms with Gasteiger partial charge in [-0.15, -0.1) is 0 Å². The van der Waals surface area contributed by atoms with Gasteiger partial charge in [-0.1, -0.05) is 58.4 Å². The topological polar surface area (TPSA) is 91.6 Å². The first-order chi connectivity index (χ1) is 17.5. The molecule has 180 valence electrons. The highest BCUT2D eigenvalue weighted by Gasteiger charge is 2.15. The zero-order chi connectivity index (χ0) is 25.5. The summed E-state index contributed by atoms with van der Waals surface area (Å²) in [5.74, 6) is 0.563. The van der Waals surface area contributed by atoms with Gasteiger partial charge in [-0.05, 0) is 71.3 Å². The number of fused-ring (bicyclic) bond motifs is 1. The molecule has 0 bridgehead atoms. The van der Waals surface area contributed by atoms with Gasteiger partial charge in [-0.3, -0.25) is 4.79 Å². The van der Waals surface area contributed by atoms with Gasteiger partial charge >= 0.3 is 0 Å². The Morgan fingerprint density at radius 2 is 1.75 bits per heavy atom. The predicted molar refractivity (Wildman–Crippen MR) is 144 cm³/mol. The van der Waals surface area contributed by atoms with Crippen molar-refractivity contribution in [2.45, 2.75) is 13.5 Å². The van der Waals surface area contributed by atoms with Crippen LogP contribution in [0.3, 0.4) is 0 Å². The van der Waals surface area contributed by atoms with Crippen molar-refractivity contribution in [1.29, 1.82) is 5.26 Å². The van der Waals surface area contributed by atoms with E-state index in [9.17, 15) is 15.2 Å². The molecule has 0 unspecified atom stereocenters. The van der Waals surface area contributed by atoms with Crippen molar-refractivity contribution in [3.05, 3.63) is 100 Å². The zero-order valence-electron chi connectivity index (χ0n) is 19.5. The second-order valence-corrected chi connectivity index (χ2v) is 8.71. The average molecular weight is 543 g/mol. The number of rotatable bonds is 8. The Balaban J connectivity index is 1.59. The lowest BCUT2D eigenvalue weighted by molar-refractivity contribution is -0.112. The van der Waals surface area contributed by atoms with E-state index in [1.54, 1.807) is 24.3 Å². The summed E-state index contributed by atoms with van der Waals surface area (Å²) in [4.78, 5) is 12.7. The molecule has 0 radical (unpaired) electrons. The Hall–Kier alpha value is -4.28. The van der Waals surface area contributed by atoms with E-state index in [0.717, 1.165) is 16.3 Å². The van der Waals surface area contributed by atoms with Crippen molar-refractivity contribution in [2.75, 3.05) is 11.9 Å². The van der Waals surface area contributed by atoms with Gasteiger partial charge in [0.1, 0.15) is 24.0 Å². The number of aromatic hydroxyl groups is 1. The molecular formula is C29H23BrN2O4. The summed E-state index contributed by atoms with van der Waals surface area (Å²) in [6.45, 7) is 2.64. The number of hydrogen-bond acceptors (Lipinski definition) is 5. The predicted octanol–water partition coefficient (Wildman–Crippen LogP) is 6.83. The van der Waals surface area contributed by atoms with Crippen LogP contribution >= 0.6 is 15.9 Å². The van der Waals surface area contributed by atoms with Crippen LogP contribution in [0.2, 0.25) is 0 Å². The van der Waals surface area contributed by atoms with Crippen molar-refractivity contribution in [2.24, 2.45) is 0 Å². The van der Waals surface area contributed by atoms with Crippen molar-refractivity contribution in [1.82, 2.24) is 0 Å². The molecule has 0 aliphatic heterocycles. The number of hydrogen-bond donors (Lipinski definition) is 2. The number of nitriles is 1. The molecule has 0 aliphatic carbocycles. The number of anilines is 1. The summed E-state index contributed by atoms with van der Waals surface area (Å²) in [5, 5.41) is 23.9. The van der Waals surface area contributed by atoms with Gasteiger partial charge < -0.3 is 19.9 Å². The highest BCUT2D eigenvalue weighted by atomic mass is 79.9. The second kappa shape index (κ2) is 11.4. The molecule has 4 aromatic rings. The van der Waals surface area contributed by atoms with Gasteiger partial charge in [0.25, 0.3) is 5.91 Å². The van der Waals surface area contributed by atoms with Crippen LogP contribution in [0, 0.1) is 11.3 Å². The Bertz CT molecular complexity index is 1470. The largest absolute Gasteiger partial charge is 0.508 e. The quantitative estimate of drug-likeness (QED) is 0.144. The van der Waals surface area contributed by atoms with E-state index in [-0.39, 0.29) is 11.3 Å². The molecule has 4 rings (SSSR count). The molecule has 0 heterocycles. The fourth-order valence-corrected chi connectivity index (χ4v) is 4.10. The molecule has 2 N–H and O–H groups in total. The molecule has 36 heavy (non-hydrogen) atoms. The summed E-state index contributed by atoms with van der Waals surface area (Å²) in [7, 11) is 0. The van der Waals surface area contributed by atoms with Crippen LogP contribution in [0.4, 0.5) is 5.69 Å². The second-order valence-electron chi connectivity index (χ2n) is 7.85. The summed E-state index contributed by atoms with van der Waals surface area (Å²) in [6.07, 6.45) is 1.48. The van der Waals surface area contributed by atoms with Crippen LogP contribution in [0.15, 0.2) is 88.9 Å². The minimum Gasteiger partial charge on any atom is -0.508 e. The number of nitrogens with one attached hydrogen (secondary N) is 1. The van der Waals surface area contributed by atoms with Crippen molar-refractivity contribution in [3.8, 4) is 23.3 Å². The maximum Gasteiger partial charge on any atom is 0.266 e. The van der Waals surface area contributed by atoms with E-state index in [4.69, 9.17) is 9.47 Å². The first kappa shape index (κ1) is 24.8. The zero-order valence-corrected chi connectivity index (χ0v) is 21.1. The SMILES string of the molecule is CCOc1cc(/C=C(\C#N)C(=O)Nc2ccc(O)cc2)c(Br)cc1OCc1cccc2ccccc12. The Kier molecular flexibility index (Phi) is 7.89. The standard InChI is InChI=1S/C29H23BrN2O4/c1-2-35-27-15-21(14-22(17-31)29(34)32-23-10-12-24(33)13-11-23)26(30)16-28(27)36-18-20-8-5-7-19-6-3-4-9-25(19)20/h3-16,33H,2,18H2,1H3,(H,32,34)/b22-14+. The van der Waals surface area contributed by atoms with Crippen LogP contribution in [0.1, 0.15) is 18.1 Å². The summed E-state index contributed by atoms with van der Waals surface area (Å²) >= 11 is 3.53. The van der Waals surface area contributed by atoms with Crippen molar-refractivity contribution < 1.29 is 19.4 Å². The molecule has 0 saturated carbocycles. The van der Waals surface area contributed by atoms with E-state index >= 15 is 0 Å². The van der Waals surface area contributed by atoms with Gasteiger partial charge in [0.15, 0.2) is 11.5 Å². The third-order valence-electron chi connectivity index (χ3n) is 5.42. The Morgan fingerprint density at radius 1 is 1.03 bits per heavy atom. The molecule has 0 spiro atoms. The fraction of sp³-hybridized carbons (Fsp3) is 0.103. The number of benzene rings is 4. The normalized spacial score (nSPS) is 11.1. The number of amides is 1. The van der Waals surface area contributed by atoms with Gasteiger partial charge in [0, 0.05) is 10.2 Å². The fourth-order valence-electron chi connectivity index (χ4n) is 3.66. The van der Waals surface area contributed by atoms with Crippen LogP contribution in [0.25, 0.3) is 16.8 Å². The number of halogens is 1. The minimum absolute atomic E-state index is 0.0826. The summed E-state index contributed by atoms with van der Waals surface area (Å²) in [6, 6.07) is 25.7. The maximum atomic E-state index is 12.7. The van der Waals surface area contributed by atoms with Crippen LogP contribution < -0.4 is 14.8 Å². The van der Waals surface area contributed by atoms with E-state index < -0.39 is 5.91 Å². The van der Waals surface area contributed by atoms with E-state index in [0.29, 0.717) is 40.4 Å². The number of nitrogens with zero attached hydrogens (tertiary/aromatic N) is 1. The van der Waals surface area contributed by atoms with Crippen LogP contribution in [0.5, 0.6) is 17.2 Å². The molecule has 7 heteroatoms. The molecule has 1 amide bonds. The lowest BCUT2D eigenvalue weighted by Crippen LogP contribution is -2.13. The van der Waals surface area contributed by atoms with E-state index in [1.165, 1.54) is 18.2 Å².